The van der Waals surface area contributed by atoms with Crippen LogP contribution in [0.2, 0.25) is 0 Å². The molecule has 0 bridgehead atoms. The Labute approximate surface area is 172 Å². The van der Waals surface area contributed by atoms with Gasteiger partial charge in [0.15, 0.2) is 6.04 Å². The number of hydrogen-bond donors (Lipinski definition) is 1. The zero-order valence-corrected chi connectivity index (χ0v) is 16.4. The van der Waals surface area contributed by atoms with Gasteiger partial charge in [0.1, 0.15) is 16.7 Å². The lowest BCUT2D eigenvalue weighted by Crippen LogP contribution is -2.37. The van der Waals surface area contributed by atoms with Crippen LogP contribution in [0.15, 0.2) is 72.2 Å². The number of thioether (sulfide) groups is 1. The molecule has 3 rings (SSSR count). The monoisotopic (exact) mass is 411 g/mol. The number of nitrogens with zero attached hydrogens (tertiary/aromatic N) is 1. The van der Waals surface area contributed by atoms with Crippen molar-refractivity contribution in [1.82, 2.24) is 4.90 Å². The highest BCUT2D eigenvalue weighted by atomic mass is 32.2. The lowest BCUT2D eigenvalue weighted by molar-refractivity contribution is -0.145. The fourth-order valence-electron chi connectivity index (χ4n) is 2.71. The zero-order chi connectivity index (χ0) is 20.1. The lowest BCUT2D eigenvalue weighted by atomic mass is 10.1. The summed E-state index contributed by atoms with van der Waals surface area (Å²) in [5.74, 6) is -0.856. The summed E-state index contributed by atoms with van der Waals surface area (Å²) >= 11 is 6.41. The number of carbonyl (C=O) groups excluding carboxylic acids is 1. The van der Waals surface area contributed by atoms with E-state index in [1.807, 2.05) is 12.1 Å². The van der Waals surface area contributed by atoms with Crippen LogP contribution in [0.25, 0.3) is 6.08 Å². The van der Waals surface area contributed by atoms with E-state index in [1.165, 1.54) is 0 Å². The number of aliphatic carboxylic acids is 1. The molecular formula is C21H17NO4S2. The normalized spacial score (nSPS) is 16.3. The van der Waals surface area contributed by atoms with E-state index >= 15 is 0 Å². The molecule has 0 aromatic heterocycles. The summed E-state index contributed by atoms with van der Waals surface area (Å²) in [6.07, 6.45) is 3.35. The third-order valence-corrected chi connectivity index (χ3v) is 5.31. The van der Waals surface area contributed by atoms with Crippen LogP contribution in [0.1, 0.15) is 17.2 Å². The van der Waals surface area contributed by atoms with Gasteiger partial charge in [0.2, 0.25) is 0 Å². The van der Waals surface area contributed by atoms with Crippen molar-refractivity contribution in [3.8, 4) is 5.75 Å². The topological polar surface area (TPSA) is 66.8 Å². The fourth-order valence-corrected chi connectivity index (χ4v) is 4.02. The van der Waals surface area contributed by atoms with Crippen molar-refractivity contribution in [1.29, 1.82) is 0 Å². The molecule has 1 fully saturated rings. The van der Waals surface area contributed by atoms with Gasteiger partial charge < -0.3 is 9.84 Å². The Morgan fingerprint density at radius 3 is 2.50 bits per heavy atom. The molecule has 0 saturated carbocycles. The maximum Gasteiger partial charge on any atom is 0.331 e. The van der Waals surface area contributed by atoms with Crippen LogP contribution in [-0.2, 0) is 9.59 Å². The van der Waals surface area contributed by atoms with Gasteiger partial charge in [-0.2, -0.15) is 0 Å². The van der Waals surface area contributed by atoms with Crippen molar-refractivity contribution in [3.05, 3.63) is 83.3 Å². The van der Waals surface area contributed by atoms with Crippen molar-refractivity contribution < 1.29 is 19.4 Å². The number of ether oxygens (including phenoxy) is 1. The first-order chi connectivity index (χ1) is 13.5. The van der Waals surface area contributed by atoms with Crippen LogP contribution in [0.3, 0.4) is 0 Å². The molecule has 0 aliphatic carbocycles. The van der Waals surface area contributed by atoms with Gasteiger partial charge in [-0.15, -0.1) is 0 Å². The third kappa shape index (κ3) is 4.32. The first kappa shape index (κ1) is 19.9. The summed E-state index contributed by atoms with van der Waals surface area (Å²) in [4.78, 5) is 26.3. The number of carboxylic acid groups (broad SMARTS) is 1. The van der Waals surface area contributed by atoms with Crippen LogP contribution in [0.4, 0.5) is 0 Å². The minimum atomic E-state index is -1.16. The second-order valence-corrected chi connectivity index (χ2v) is 7.55. The molecule has 1 N–H and O–H groups in total. The van der Waals surface area contributed by atoms with Crippen LogP contribution in [0.5, 0.6) is 5.75 Å². The Balaban J connectivity index is 1.85. The molecule has 28 heavy (non-hydrogen) atoms. The summed E-state index contributed by atoms with van der Waals surface area (Å²) in [5.41, 5.74) is 1.29. The van der Waals surface area contributed by atoms with Gasteiger partial charge in [0, 0.05) is 0 Å². The standard InChI is InChI=1S/C21H17NO4S2/c1-2-12-26-16-10-8-14(9-11-16)13-17-19(23)22(21(27)28-17)18(20(24)25)15-6-4-3-5-7-15/h2-11,13,18H,1,12H2,(H,24,25)/b17-13-/t18-/m0/s1. The van der Waals surface area contributed by atoms with Crippen LogP contribution < -0.4 is 4.74 Å². The van der Waals surface area contributed by atoms with Crippen molar-refractivity contribution in [3.63, 3.8) is 0 Å². The molecule has 2 aromatic rings. The molecule has 2 aromatic carbocycles. The van der Waals surface area contributed by atoms with Crippen molar-refractivity contribution in [2.45, 2.75) is 6.04 Å². The van der Waals surface area contributed by atoms with Gasteiger partial charge in [0.25, 0.3) is 5.91 Å². The number of benzene rings is 2. The Bertz CT molecular complexity index is 939. The molecule has 1 aliphatic heterocycles. The number of hydrogen-bond acceptors (Lipinski definition) is 5. The van der Waals surface area contributed by atoms with Crippen LogP contribution >= 0.6 is 24.0 Å². The second-order valence-electron chi connectivity index (χ2n) is 5.87. The van der Waals surface area contributed by atoms with E-state index < -0.39 is 17.9 Å². The van der Waals surface area contributed by atoms with E-state index in [-0.39, 0.29) is 4.32 Å². The molecule has 0 unspecified atom stereocenters. The number of thiocarbonyl (C=S) groups is 1. The maximum atomic E-state index is 12.9. The first-order valence-electron chi connectivity index (χ1n) is 8.40. The maximum absolute atomic E-state index is 12.9. The molecular weight excluding hydrogens is 394 g/mol. The Hall–Kier alpha value is -2.90. The summed E-state index contributed by atoms with van der Waals surface area (Å²) in [6.45, 7) is 4.01. The summed E-state index contributed by atoms with van der Waals surface area (Å²) in [6, 6.07) is 14.6. The van der Waals surface area contributed by atoms with E-state index in [0.29, 0.717) is 22.8 Å². The van der Waals surface area contributed by atoms with Gasteiger partial charge in [0.05, 0.1) is 4.91 Å². The minimum absolute atomic E-state index is 0.221. The SMILES string of the molecule is C=CCOc1ccc(/C=C2\SC(=S)N([C@H](C(=O)O)c3ccccc3)C2=O)cc1. The first-order valence-corrected chi connectivity index (χ1v) is 9.62. The molecule has 7 heteroatoms. The molecule has 142 valence electrons. The molecule has 1 aliphatic rings. The van der Waals surface area contributed by atoms with Gasteiger partial charge in [-0.3, -0.25) is 9.69 Å². The number of carbonyl (C=O) groups is 2. The predicted octanol–water partition coefficient (Wildman–Crippen LogP) is 4.28. The number of amides is 1. The second kappa shape index (κ2) is 8.86. The number of rotatable bonds is 7. The zero-order valence-electron chi connectivity index (χ0n) is 14.8. The summed E-state index contributed by atoms with van der Waals surface area (Å²) < 4.78 is 5.66. The lowest BCUT2D eigenvalue weighted by Gasteiger charge is -2.23. The van der Waals surface area contributed by atoms with Gasteiger partial charge in [-0.1, -0.05) is 79.1 Å². The van der Waals surface area contributed by atoms with Gasteiger partial charge in [-0.25, -0.2) is 4.79 Å². The van der Waals surface area contributed by atoms with Crippen molar-refractivity contribution in [2.24, 2.45) is 0 Å². The van der Waals surface area contributed by atoms with E-state index in [1.54, 1.807) is 54.6 Å². The third-order valence-electron chi connectivity index (χ3n) is 3.98. The quantitative estimate of drug-likeness (QED) is 0.417. The Morgan fingerprint density at radius 1 is 1.21 bits per heavy atom. The smallest absolute Gasteiger partial charge is 0.331 e. The average molecular weight is 412 g/mol. The highest BCUT2D eigenvalue weighted by Crippen LogP contribution is 2.38. The van der Waals surface area contributed by atoms with E-state index in [9.17, 15) is 14.7 Å². The molecule has 5 nitrogen and oxygen atoms in total. The van der Waals surface area contributed by atoms with Crippen molar-refractivity contribution >= 4 is 46.3 Å². The molecule has 1 atom stereocenters. The fraction of sp³-hybridized carbons (Fsp3) is 0.0952. The van der Waals surface area contributed by atoms with Crippen molar-refractivity contribution in [2.75, 3.05) is 6.61 Å². The highest BCUT2D eigenvalue weighted by Gasteiger charge is 2.41. The van der Waals surface area contributed by atoms with E-state index in [0.717, 1.165) is 22.2 Å². The molecule has 1 heterocycles. The molecule has 1 saturated heterocycles. The summed E-state index contributed by atoms with van der Waals surface area (Å²) in [7, 11) is 0. The van der Waals surface area contributed by atoms with Gasteiger partial charge in [-0.05, 0) is 29.3 Å². The predicted molar refractivity (Wildman–Crippen MR) is 114 cm³/mol. The largest absolute Gasteiger partial charge is 0.490 e. The summed E-state index contributed by atoms with van der Waals surface area (Å²) in [5, 5.41) is 9.70. The van der Waals surface area contributed by atoms with Crippen LogP contribution in [0, 0.1) is 0 Å². The molecule has 0 spiro atoms. The van der Waals surface area contributed by atoms with Crippen LogP contribution in [-0.4, -0.2) is 32.8 Å². The number of carboxylic acids is 1. The average Bonchev–Trinajstić information content (AvgIpc) is 2.96. The van der Waals surface area contributed by atoms with Gasteiger partial charge >= 0.3 is 5.97 Å². The Morgan fingerprint density at radius 2 is 1.89 bits per heavy atom. The molecule has 0 radical (unpaired) electrons. The van der Waals surface area contributed by atoms with E-state index in [4.69, 9.17) is 17.0 Å². The highest BCUT2D eigenvalue weighted by molar-refractivity contribution is 8.26. The Kier molecular flexibility index (Phi) is 6.28. The molecule has 1 amide bonds. The minimum Gasteiger partial charge on any atom is -0.490 e. The van der Waals surface area contributed by atoms with E-state index in [2.05, 4.69) is 6.58 Å².